The first kappa shape index (κ1) is 23.3. The van der Waals surface area contributed by atoms with Crippen LogP contribution in [0.4, 0.5) is 0 Å². The van der Waals surface area contributed by atoms with Gasteiger partial charge in [0.05, 0.1) is 17.8 Å². The average Bonchev–Trinajstić information content (AvgIpc) is 2.79. The molecular weight excluding hydrogens is 476 g/mol. The van der Waals surface area contributed by atoms with Crippen LogP contribution < -0.4 is 19.6 Å². The van der Waals surface area contributed by atoms with E-state index in [0.717, 1.165) is 15.2 Å². The highest BCUT2D eigenvalue weighted by molar-refractivity contribution is 9.10. The molecule has 0 radical (unpaired) electrons. The van der Waals surface area contributed by atoms with Crippen LogP contribution in [0.1, 0.15) is 25.8 Å². The Labute approximate surface area is 194 Å². The highest BCUT2D eigenvalue weighted by Crippen LogP contribution is 2.34. The number of carbonyl (C=O) groups is 2. The first-order chi connectivity index (χ1) is 15.4. The molecule has 3 aromatic rings. The molecule has 0 fully saturated rings. The minimum absolute atomic E-state index is 0.305. The van der Waals surface area contributed by atoms with Gasteiger partial charge in [0.25, 0.3) is 5.91 Å². The number of fused-ring (bicyclic) bond motifs is 1. The molecule has 0 heterocycles. The summed E-state index contributed by atoms with van der Waals surface area (Å²) in [6.07, 6.45) is 1.08. The van der Waals surface area contributed by atoms with E-state index in [4.69, 9.17) is 14.2 Å². The van der Waals surface area contributed by atoms with Crippen LogP contribution in [0.25, 0.3) is 10.8 Å². The van der Waals surface area contributed by atoms with Gasteiger partial charge in [-0.05, 0) is 57.4 Å². The molecule has 0 aliphatic rings. The van der Waals surface area contributed by atoms with Gasteiger partial charge in [-0.2, -0.15) is 5.10 Å². The number of rotatable bonds is 8. The molecule has 1 atom stereocenters. The third-order valence-electron chi connectivity index (χ3n) is 4.61. The maximum absolute atomic E-state index is 12.7. The number of halogens is 1. The van der Waals surface area contributed by atoms with E-state index < -0.39 is 18.0 Å². The zero-order valence-electron chi connectivity index (χ0n) is 17.9. The number of ether oxygens (including phenoxy) is 3. The molecule has 32 heavy (non-hydrogen) atoms. The molecule has 0 saturated carbocycles. The van der Waals surface area contributed by atoms with Gasteiger partial charge in [0, 0.05) is 12.5 Å². The summed E-state index contributed by atoms with van der Waals surface area (Å²) in [7, 11) is 1.53. The smallest absolute Gasteiger partial charge is 0.308 e. The lowest BCUT2D eigenvalue weighted by molar-refractivity contribution is -0.132. The Bertz CT molecular complexity index is 1160. The lowest BCUT2D eigenvalue weighted by atomic mass is 10.1. The number of benzene rings is 3. The van der Waals surface area contributed by atoms with Crippen molar-refractivity contribution in [2.24, 2.45) is 5.10 Å². The second-order valence-electron chi connectivity index (χ2n) is 6.85. The summed E-state index contributed by atoms with van der Waals surface area (Å²) < 4.78 is 17.1. The zero-order valence-corrected chi connectivity index (χ0v) is 19.5. The number of nitrogens with one attached hydrogen (secondary N) is 1. The van der Waals surface area contributed by atoms with E-state index >= 15 is 0 Å². The predicted molar refractivity (Wildman–Crippen MR) is 126 cm³/mol. The Morgan fingerprint density at radius 2 is 1.88 bits per heavy atom. The Kier molecular flexibility index (Phi) is 7.83. The third-order valence-corrected chi connectivity index (χ3v) is 5.43. The molecule has 1 unspecified atom stereocenters. The fraction of sp³-hybridized carbons (Fsp3) is 0.208. The third kappa shape index (κ3) is 5.64. The topological polar surface area (TPSA) is 86.2 Å². The fourth-order valence-corrected chi connectivity index (χ4v) is 3.61. The van der Waals surface area contributed by atoms with Crippen LogP contribution in [0, 0.1) is 0 Å². The van der Waals surface area contributed by atoms with Crippen molar-refractivity contribution < 1.29 is 23.8 Å². The fourth-order valence-electron chi connectivity index (χ4n) is 3.02. The molecule has 0 spiro atoms. The van der Waals surface area contributed by atoms with Gasteiger partial charge in [0.2, 0.25) is 0 Å². The minimum Gasteiger partial charge on any atom is -0.497 e. The molecule has 8 heteroatoms. The number of esters is 1. The molecule has 0 bridgehead atoms. The Balaban J connectivity index is 1.73. The Morgan fingerprint density at radius 3 is 2.59 bits per heavy atom. The van der Waals surface area contributed by atoms with Crippen LogP contribution in [0.2, 0.25) is 0 Å². The first-order valence-electron chi connectivity index (χ1n) is 9.96. The summed E-state index contributed by atoms with van der Waals surface area (Å²) in [5, 5.41) is 6.06. The van der Waals surface area contributed by atoms with Crippen molar-refractivity contribution in [2.75, 3.05) is 7.11 Å². The van der Waals surface area contributed by atoms with E-state index in [9.17, 15) is 9.59 Å². The largest absolute Gasteiger partial charge is 0.497 e. The van der Waals surface area contributed by atoms with E-state index in [0.29, 0.717) is 29.2 Å². The van der Waals surface area contributed by atoms with E-state index in [1.165, 1.54) is 20.2 Å². The molecule has 3 aromatic carbocycles. The van der Waals surface area contributed by atoms with Crippen molar-refractivity contribution in [1.82, 2.24) is 5.43 Å². The van der Waals surface area contributed by atoms with Gasteiger partial charge in [-0.3, -0.25) is 9.59 Å². The number of methoxy groups -OCH3 is 1. The molecule has 1 amide bonds. The van der Waals surface area contributed by atoms with Crippen LogP contribution in [0.5, 0.6) is 17.2 Å². The normalized spacial score (nSPS) is 11.9. The number of hydrogen-bond acceptors (Lipinski definition) is 6. The highest BCUT2D eigenvalue weighted by atomic mass is 79.9. The van der Waals surface area contributed by atoms with E-state index in [1.54, 1.807) is 18.2 Å². The summed E-state index contributed by atoms with van der Waals surface area (Å²) in [6, 6.07) is 16.6. The monoisotopic (exact) mass is 498 g/mol. The van der Waals surface area contributed by atoms with E-state index in [2.05, 4.69) is 26.5 Å². The van der Waals surface area contributed by atoms with Gasteiger partial charge in [0.1, 0.15) is 17.2 Å². The number of carbonyl (C=O) groups excluding carboxylic acids is 2. The van der Waals surface area contributed by atoms with Gasteiger partial charge in [-0.1, -0.05) is 37.3 Å². The number of hydrazone groups is 1. The van der Waals surface area contributed by atoms with Crippen LogP contribution in [-0.4, -0.2) is 31.3 Å². The summed E-state index contributed by atoms with van der Waals surface area (Å²) in [4.78, 5) is 24.0. The van der Waals surface area contributed by atoms with Gasteiger partial charge in [0.15, 0.2) is 6.10 Å². The minimum atomic E-state index is -0.747. The molecule has 0 saturated heterocycles. The van der Waals surface area contributed by atoms with Crippen LogP contribution in [0.15, 0.2) is 64.2 Å². The molecular formula is C24H23BrN2O5. The van der Waals surface area contributed by atoms with Crippen molar-refractivity contribution in [3.05, 3.63) is 64.6 Å². The maximum Gasteiger partial charge on any atom is 0.308 e. The van der Waals surface area contributed by atoms with Crippen molar-refractivity contribution in [2.45, 2.75) is 26.4 Å². The van der Waals surface area contributed by atoms with Crippen molar-refractivity contribution in [3.8, 4) is 17.2 Å². The van der Waals surface area contributed by atoms with Crippen LogP contribution in [-0.2, 0) is 9.59 Å². The Hall–Kier alpha value is -3.39. The molecule has 0 aliphatic carbocycles. The van der Waals surface area contributed by atoms with Gasteiger partial charge < -0.3 is 14.2 Å². The maximum atomic E-state index is 12.7. The van der Waals surface area contributed by atoms with Gasteiger partial charge >= 0.3 is 5.97 Å². The molecule has 0 aliphatic heterocycles. The Morgan fingerprint density at radius 1 is 1.12 bits per heavy atom. The summed E-state index contributed by atoms with van der Waals surface area (Å²) in [5.74, 6) is 0.568. The lowest BCUT2D eigenvalue weighted by Crippen LogP contribution is -2.35. The molecule has 1 N–H and O–H groups in total. The first-order valence-corrected chi connectivity index (χ1v) is 10.8. The van der Waals surface area contributed by atoms with Crippen LogP contribution >= 0.6 is 15.9 Å². The quantitative estimate of drug-likeness (QED) is 0.207. The van der Waals surface area contributed by atoms with Gasteiger partial charge in [-0.25, -0.2) is 5.43 Å². The predicted octanol–water partition coefficient (Wildman–Crippen LogP) is 4.84. The highest BCUT2D eigenvalue weighted by Gasteiger charge is 2.20. The number of amides is 1. The average molecular weight is 499 g/mol. The summed E-state index contributed by atoms with van der Waals surface area (Å²) in [5.41, 5.74) is 2.96. The SMILES string of the molecule is CCC(Oc1ccc2ccccc2c1Br)C(=O)NN=Cc1cc(OC)ccc1OC(C)=O. The lowest BCUT2D eigenvalue weighted by Gasteiger charge is -2.17. The second-order valence-corrected chi connectivity index (χ2v) is 7.64. The number of nitrogens with zero attached hydrogens (tertiary/aromatic N) is 1. The molecule has 166 valence electrons. The van der Waals surface area contributed by atoms with Crippen molar-refractivity contribution >= 4 is 44.8 Å². The van der Waals surface area contributed by atoms with Crippen molar-refractivity contribution in [3.63, 3.8) is 0 Å². The zero-order chi connectivity index (χ0) is 23.1. The van der Waals surface area contributed by atoms with E-state index in [-0.39, 0.29) is 0 Å². The second kappa shape index (κ2) is 10.8. The standard InChI is InChI=1S/C24H23BrN2O5/c1-4-20(32-22-11-9-16-7-5-6-8-19(16)23(22)25)24(29)27-26-14-17-13-18(30-3)10-12-21(17)31-15(2)28/h5-14,20H,4H2,1-3H3,(H,27,29). The molecule has 7 nitrogen and oxygen atoms in total. The molecule has 0 aromatic heterocycles. The summed E-state index contributed by atoms with van der Waals surface area (Å²) in [6.45, 7) is 3.16. The number of hydrogen-bond donors (Lipinski definition) is 1. The molecule has 3 rings (SSSR count). The van der Waals surface area contributed by atoms with Crippen LogP contribution in [0.3, 0.4) is 0 Å². The van der Waals surface area contributed by atoms with Crippen molar-refractivity contribution in [1.29, 1.82) is 0 Å². The summed E-state index contributed by atoms with van der Waals surface area (Å²) >= 11 is 3.57. The van der Waals surface area contributed by atoms with Gasteiger partial charge in [-0.15, -0.1) is 0 Å². The van der Waals surface area contributed by atoms with E-state index in [1.807, 2.05) is 43.3 Å².